The fraction of sp³-hybridized carbons (Fsp3) is 0.467. The molecule has 0 saturated carbocycles. The number of anilines is 1. The monoisotopic (exact) mass is 292 g/mol. The zero-order chi connectivity index (χ0) is 14.5. The third kappa shape index (κ3) is 3.22. The summed E-state index contributed by atoms with van der Waals surface area (Å²) in [5.41, 5.74) is 0.657. The highest BCUT2D eigenvalue weighted by atomic mass is 32.2. The minimum Gasteiger partial charge on any atom is -0.302 e. The molecule has 1 aromatic carbocycles. The topological polar surface area (TPSA) is 49.4 Å². The molecule has 2 rings (SSSR count). The molecule has 0 spiro atoms. The van der Waals surface area contributed by atoms with E-state index in [1.54, 1.807) is 23.9 Å². The lowest BCUT2D eigenvalue weighted by Crippen LogP contribution is -2.44. The Hall–Kier alpha value is -1.33. The Balaban J connectivity index is 2.09. The number of nitrogens with zero attached hydrogens (tertiary/aromatic N) is 1. The predicted molar refractivity (Wildman–Crippen MR) is 82.9 cm³/mol. The van der Waals surface area contributed by atoms with Crippen molar-refractivity contribution in [1.29, 1.82) is 0 Å². The van der Waals surface area contributed by atoms with Crippen LogP contribution in [-0.4, -0.2) is 35.9 Å². The second kappa shape index (κ2) is 6.90. The van der Waals surface area contributed by atoms with Crippen molar-refractivity contribution < 1.29 is 9.59 Å². The summed E-state index contributed by atoms with van der Waals surface area (Å²) in [5.74, 6) is 0.679. The Kier molecular flexibility index (Phi) is 5.20. The quantitative estimate of drug-likeness (QED) is 0.815. The average molecular weight is 292 g/mol. The van der Waals surface area contributed by atoms with Crippen LogP contribution in [0.4, 0.5) is 5.69 Å². The van der Waals surface area contributed by atoms with Crippen molar-refractivity contribution in [3.63, 3.8) is 0 Å². The van der Waals surface area contributed by atoms with Gasteiger partial charge < -0.3 is 5.32 Å². The molecule has 0 aliphatic carbocycles. The van der Waals surface area contributed by atoms with E-state index in [2.05, 4.69) is 12.2 Å². The van der Waals surface area contributed by atoms with E-state index in [9.17, 15) is 9.59 Å². The Morgan fingerprint density at radius 2 is 2.05 bits per heavy atom. The van der Waals surface area contributed by atoms with Crippen molar-refractivity contribution in [3.05, 3.63) is 30.3 Å². The van der Waals surface area contributed by atoms with Crippen molar-refractivity contribution in [2.45, 2.75) is 31.8 Å². The number of amides is 2. The van der Waals surface area contributed by atoms with E-state index in [1.807, 2.05) is 24.5 Å². The Morgan fingerprint density at radius 1 is 1.35 bits per heavy atom. The summed E-state index contributed by atoms with van der Waals surface area (Å²) in [6, 6.07) is 8.99. The minimum absolute atomic E-state index is 0.127. The average Bonchev–Trinajstić information content (AvgIpc) is 2.74. The van der Waals surface area contributed by atoms with E-state index in [-0.39, 0.29) is 30.3 Å². The number of hydrogen-bond donors (Lipinski definition) is 1. The third-order valence-electron chi connectivity index (χ3n) is 3.46. The molecule has 1 N–H and O–H groups in total. The van der Waals surface area contributed by atoms with Gasteiger partial charge in [-0.25, -0.2) is 4.90 Å². The highest BCUT2D eigenvalue weighted by Crippen LogP contribution is 2.23. The van der Waals surface area contributed by atoms with Crippen LogP contribution in [0.3, 0.4) is 0 Å². The molecular formula is C15H20N2O2S. The van der Waals surface area contributed by atoms with Gasteiger partial charge in [0.15, 0.2) is 0 Å². The second-order valence-corrected chi connectivity index (χ2v) is 5.80. The maximum Gasteiger partial charge on any atom is 0.251 e. The molecule has 1 heterocycles. The normalized spacial score (nSPS) is 20.5. The van der Waals surface area contributed by atoms with Crippen LogP contribution in [0.5, 0.6) is 0 Å². The van der Waals surface area contributed by atoms with Crippen LogP contribution in [-0.2, 0) is 9.59 Å². The van der Waals surface area contributed by atoms with Gasteiger partial charge in [-0.3, -0.25) is 9.59 Å². The van der Waals surface area contributed by atoms with E-state index in [0.717, 1.165) is 12.2 Å². The number of nitrogens with one attached hydrogen (secondary N) is 1. The summed E-state index contributed by atoms with van der Waals surface area (Å²) in [6.45, 7) is 2.09. The SMILES string of the molecule is CCC(CSC)NC1CC(=O)N(c2ccccc2)C1=O. The summed E-state index contributed by atoms with van der Waals surface area (Å²) in [5, 5.41) is 3.31. The molecule has 2 atom stereocenters. The first-order chi connectivity index (χ1) is 9.67. The van der Waals surface area contributed by atoms with Gasteiger partial charge >= 0.3 is 0 Å². The van der Waals surface area contributed by atoms with Crippen LogP contribution in [0.15, 0.2) is 30.3 Å². The van der Waals surface area contributed by atoms with Gasteiger partial charge in [-0.2, -0.15) is 11.8 Å². The summed E-state index contributed by atoms with van der Waals surface area (Å²) in [6.07, 6.45) is 3.24. The van der Waals surface area contributed by atoms with Crippen LogP contribution in [0.2, 0.25) is 0 Å². The number of rotatable bonds is 6. The molecule has 1 aliphatic rings. The maximum absolute atomic E-state index is 12.4. The van der Waals surface area contributed by atoms with Crippen LogP contribution < -0.4 is 10.2 Å². The van der Waals surface area contributed by atoms with Crippen molar-refractivity contribution in [2.75, 3.05) is 16.9 Å². The summed E-state index contributed by atoms with van der Waals surface area (Å²) < 4.78 is 0. The van der Waals surface area contributed by atoms with Gasteiger partial charge in [0.2, 0.25) is 5.91 Å². The Bertz CT molecular complexity index is 478. The molecule has 1 aromatic rings. The van der Waals surface area contributed by atoms with Gasteiger partial charge in [0.25, 0.3) is 5.91 Å². The second-order valence-electron chi connectivity index (χ2n) is 4.89. The number of benzene rings is 1. The van der Waals surface area contributed by atoms with Crippen LogP contribution in [0.25, 0.3) is 0 Å². The standard InChI is InChI=1S/C15H20N2O2S/c1-3-11(10-20-2)16-13-9-14(18)17(15(13)19)12-7-5-4-6-8-12/h4-8,11,13,16H,3,9-10H2,1-2H3. The molecule has 2 unspecified atom stereocenters. The molecule has 0 aromatic heterocycles. The first kappa shape index (κ1) is 15.1. The zero-order valence-corrected chi connectivity index (χ0v) is 12.7. The van der Waals surface area contributed by atoms with Crippen molar-refractivity contribution in [3.8, 4) is 0 Å². The fourth-order valence-corrected chi connectivity index (χ4v) is 3.11. The first-order valence-electron chi connectivity index (χ1n) is 6.84. The molecular weight excluding hydrogens is 272 g/mol. The molecule has 5 heteroatoms. The van der Waals surface area contributed by atoms with Gasteiger partial charge in [-0.05, 0) is 24.8 Å². The molecule has 0 radical (unpaired) electrons. The molecule has 1 saturated heterocycles. The molecule has 20 heavy (non-hydrogen) atoms. The lowest BCUT2D eigenvalue weighted by atomic mass is 10.2. The van der Waals surface area contributed by atoms with Gasteiger partial charge in [-0.1, -0.05) is 25.1 Å². The molecule has 2 amide bonds. The largest absolute Gasteiger partial charge is 0.302 e. The van der Waals surface area contributed by atoms with E-state index in [1.165, 1.54) is 4.90 Å². The lowest BCUT2D eigenvalue weighted by molar-refractivity contribution is -0.121. The van der Waals surface area contributed by atoms with Crippen molar-refractivity contribution in [1.82, 2.24) is 5.32 Å². The highest BCUT2D eigenvalue weighted by Gasteiger charge is 2.39. The summed E-state index contributed by atoms with van der Waals surface area (Å²) in [4.78, 5) is 25.8. The number of para-hydroxylation sites is 1. The zero-order valence-electron chi connectivity index (χ0n) is 11.8. The van der Waals surface area contributed by atoms with Crippen LogP contribution >= 0.6 is 11.8 Å². The molecule has 1 aliphatic heterocycles. The van der Waals surface area contributed by atoms with E-state index in [4.69, 9.17) is 0 Å². The predicted octanol–water partition coefficient (Wildman–Crippen LogP) is 2.05. The van der Waals surface area contributed by atoms with E-state index >= 15 is 0 Å². The van der Waals surface area contributed by atoms with E-state index < -0.39 is 0 Å². The summed E-state index contributed by atoms with van der Waals surface area (Å²) >= 11 is 1.74. The van der Waals surface area contributed by atoms with Gasteiger partial charge in [0.05, 0.1) is 18.2 Å². The van der Waals surface area contributed by atoms with E-state index in [0.29, 0.717) is 5.69 Å². The third-order valence-corrected chi connectivity index (χ3v) is 4.19. The highest BCUT2D eigenvalue weighted by molar-refractivity contribution is 7.98. The Labute approximate surface area is 123 Å². The lowest BCUT2D eigenvalue weighted by Gasteiger charge is -2.20. The molecule has 4 nitrogen and oxygen atoms in total. The Morgan fingerprint density at radius 3 is 2.65 bits per heavy atom. The van der Waals surface area contributed by atoms with Crippen molar-refractivity contribution in [2.24, 2.45) is 0 Å². The van der Waals surface area contributed by atoms with Gasteiger partial charge in [-0.15, -0.1) is 0 Å². The van der Waals surface area contributed by atoms with Gasteiger partial charge in [0.1, 0.15) is 0 Å². The first-order valence-corrected chi connectivity index (χ1v) is 8.23. The van der Waals surface area contributed by atoms with Gasteiger partial charge in [0, 0.05) is 11.8 Å². The van der Waals surface area contributed by atoms with Crippen molar-refractivity contribution >= 4 is 29.3 Å². The smallest absolute Gasteiger partial charge is 0.251 e. The van der Waals surface area contributed by atoms with Crippen LogP contribution in [0, 0.1) is 0 Å². The number of hydrogen-bond acceptors (Lipinski definition) is 4. The fourth-order valence-electron chi connectivity index (χ4n) is 2.38. The minimum atomic E-state index is -0.389. The van der Waals surface area contributed by atoms with Crippen LogP contribution in [0.1, 0.15) is 19.8 Å². The number of thioether (sulfide) groups is 1. The molecule has 0 bridgehead atoms. The summed E-state index contributed by atoms with van der Waals surface area (Å²) in [7, 11) is 0. The number of carbonyl (C=O) groups is 2. The molecule has 1 fully saturated rings. The molecule has 108 valence electrons. The number of carbonyl (C=O) groups excluding carboxylic acids is 2. The maximum atomic E-state index is 12.4. The number of imide groups is 1.